The van der Waals surface area contributed by atoms with Gasteiger partial charge >= 0.3 is 0 Å². The second-order valence-electron chi connectivity index (χ2n) is 2.73. The van der Waals surface area contributed by atoms with E-state index < -0.39 is 0 Å². The van der Waals surface area contributed by atoms with Crippen molar-refractivity contribution in [1.82, 2.24) is 0 Å². The van der Waals surface area contributed by atoms with Gasteiger partial charge in [-0.3, -0.25) is 10.1 Å². The number of thioether (sulfide) groups is 1. The maximum absolute atomic E-state index is 10.6. The Labute approximate surface area is 98.8 Å². The van der Waals surface area contributed by atoms with Gasteiger partial charge in [-0.1, -0.05) is 18.2 Å². The highest BCUT2D eigenvalue weighted by atomic mass is 35.5. The van der Waals surface area contributed by atoms with Gasteiger partial charge in [0.2, 0.25) is 0 Å². The maximum Gasteiger partial charge on any atom is 0.273 e. The lowest BCUT2D eigenvalue weighted by molar-refractivity contribution is -0.385. The van der Waals surface area contributed by atoms with Crippen molar-refractivity contribution in [3.63, 3.8) is 0 Å². The highest BCUT2D eigenvalue weighted by molar-refractivity contribution is 7.98. The van der Waals surface area contributed by atoms with Gasteiger partial charge in [-0.15, -0.1) is 12.4 Å². The molecular formula is C9H13ClN2O2S. The molecular weight excluding hydrogens is 236 g/mol. The summed E-state index contributed by atoms with van der Waals surface area (Å²) in [6.45, 7) is 0.602. The van der Waals surface area contributed by atoms with Crippen LogP contribution < -0.4 is 5.73 Å². The Morgan fingerprint density at radius 2 is 2.07 bits per heavy atom. The van der Waals surface area contributed by atoms with Crippen LogP contribution in [0.3, 0.4) is 0 Å². The molecule has 0 aromatic heterocycles. The van der Waals surface area contributed by atoms with E-state index in [4.69, 9.17) is 5.73 Å². The van der Waals surface area contributed by atoms with Gasteiger partial charge in [0.25, 0.3) is 5.69 Å². The summed E-state index contributed by atoms with van der Waals surface area (Å²) in [4.78, 5) is 10.3. The van der Waals surface area contributed by atoms with Gasteiger partial charge in [0.05, 0.1) is 4.92 Å². The van der Waals surface area contributed by atoms with Crippen LogP contribution in [0, 0.1) is 10.1 Å². The number of halogens is 1. The average molecular weight is 249 g/mol. The summed E-state index contributed by atoms with van der Waals surface area (Å²) in [5.74, 6) is 1.47. The summed E-state index contributed by atoms with van der Waals surface area (Å²) in [5.41, 5.74) is 6.29. The van der Waals surface area contributed by atoms with Crippen molar-refractivity contribution in [2.24, 2.45) is 5.73 Å². The van der Waals surface area contributed by atoms with E-state index in [1.165, 1.54) is 6.07 Å². The van der Waals surface area contributed by atoms with Crippen molar-refractivity contribution in [3.8, 4) is 0 Å². The fourth-order valence-corrected chi connectivity index (χ4v) is 1.85. The Balaban J connectivity index is 0.00000196. The highest BCUT2D eigenvalue weighted by Gasteiger charge is 2.11. The number of rotatable bonds is 5. The zero-order valence-corrected chi connectivity index (χ0v) is 9.72. The predicted molar refractivity (Wildman–Crippen MR) is 65.6 cm³/mol. The first kappa shape index (κ1) is 14.2. The molecule has 0 heterocycles. The minimum atomic E-state index is -0.349. The second kappa shape index (κ2) is 7.50. The van der Waals surface area contributed by atoms with Crippen molar-refractivity contribution in [3.05, 3.63) is 39.9 Å². The SMILES string of the molecule is Cl.NCCSCc1ccccc1[N+](=O)[O-]. The molecule has 1 aromatic rings. The first-order valence-corrected chi connectivity index (χ1v) is 5.41. The molecule has 4 nitrogen and oxygen atoms in total. The van der Waals surface area contributed by atoms with Crippen LogP contribution in [-0.2, 0) is 5.75 Å². The largest absolute Gasteiger partial charge is 0.330 e. The van der Waals surface area contributed by atoms with Gasteiger partial charge in [-0.25, -0.2) is 0 Å². The molecule has 2 N–H and O–H groups in total. The summed E-state index contributed by atoms with van der Waals surface area (Å²) in [7, 11) is 0. The van der Waals surface area contributed by atoms with Gasteiger partial charge in [0.1, 0.15) is 0 Å². The van der Waals surface area contributed by atoms with E-state index in [1.807, 2.05) is 6.07 Å². The Morgan fingerprint density at radius 1 is 1.40 bits per heavy atom. The number of para-hydroxylation sites is 1. The number of nitro groups is 1. The molecule has 1 rings (SSSR count). The monoisotopic (exact) mass is 248 g/mol. The smallest absolute Gasteiger partial charge is 0.273 e. The second-order valence-corrected chi connectivity index (χ2v) is 3.83. The molecule has 0 bridgehead atoms. The van der Waals surface area contributed by atoms with Crippen LogP contribution in [0.1, 0.15) is 5.56 Å². The summed E-state index contributed by atoms with van der Waals surface area (Å²) in [6, 6.07) is 6.79. The zero-order chi connectivity index (χ0) is 10.4. The van der Waals surface area contributed by atoms with Gasteiger partial charge in [-0.2, -0.15) is 11.8 Å². The fraction of sp³-hybridized carbons (Fsp3) is 0.333. The molecule has 0 amide bonds. The number of nitrogens with zero attached hydrogens (tertiary/aromatic N) is 1. The molecule has 0 aliphatic carbocycles. The molecule has 0 atom stereocenters. The fourth-order valence-electron chi connectivity index (χ4n) is 1.08. The third-order valence-electron chi connectivity index (χ3n) is 1.71. The molecule has 0 radical (unpaired) electrons. The first-order chi connectivity index (χ1) is 6.75. The Hall–Kier alpha value is -0.780. The lowest BCUT2D eigenvalue weighted by atomic mass is 10.2. The van der Waals surface area contributed by atoms with Crippen LogP contribution in [0.4, 0.5) is 5.69 Å². The number of nitrogens with two attached hydrogens (primary N) is 1. The van der Waals surface area contributed by atoms with Crippen molar-refractivity contribution >= 4 is 29.9 Å². The van der Waals surface area contributed by atoms with Gasteiger partial charge in [-0.05, 0) is 0 Å². The van der Waals surface area contributed by atoms with Gasteiger partial charge in [0, 0.05) is 29.7 Å². The molecule has 15 heavy (non-hydrogen) atoms. The molecule has 0 unspecified atom stereocenters. The third-order valence-corrected chi connectivity index (χ3v) is 2.75. The van der Waals surface area contributed by atoms with Crippen LogP contribution >= 0.6 is 24.2 Å². The van der Waals surface area contributed by atoms with E-state index in [2.05, 4.69) is 0 Å². The standard InChI is InChI=1S/C9H12N2O2S.ClH/c10-5-6-14-7-8-3-1-2-4-9(8)11(12)13;/h1-4H,5-7,10H2;1H. The van der Waals surface area contributed by atoms with E-state index in [0.29, 0.717) is 12.3 Å². The number of nitro benzene ring substituents is 1. The van der Waals surface area contributed by atoms with E-state index in [1.54, 1.807) is 23.9 Å². The van der Waals surface area contributed by atoms with Crippen molar-refractivity contribution < 1.29 is 4.92 Å². The Morgan fingerprint density at radius 3 is 2.67 bits per heavy atom. The molecule has 6 heteroatoms. The van der Waals surface area contributed by atoms with Crippen LogP contribution in [-0.4, -0.2) is 17.2 Å². The predicted octanol–water partition coefficient (Wildman–Crippen LogP) is 2.21. The summed E-state index contributed by atoms with van der Waals surface area (Å²) >= 11 is 1.61. The van der Waals surface area contributed by atoms with Crippen LogP contribution in [0.5, 0.6) is 0 Å². The molecule has 0 aliphatic rings. The minimum absolute atomic E-state index is 0. The number of hydrogen-bond acceptors (Lipinski definition) is 4. The Bertz CT molecular complexity index is 323. The molecule has 84 valence electrons. The highest BCUT2D eigenvalue weighted by Crippen LogP contribution is 2.22. The summed E-state index contributed by atoms with van der Waals surface area (Å²) < 4.78 is 0. The third kappa shape index (κ3) is 4.51. The quantitative estimate of drug-likeness (QED) is 0.493. The average Bonchev–Trinajstić information content (AvgIpc) is 2.19. The van der Waals surface area contributed by atoms with Crippen molar-refractivity contribution in [2.75, 3.05) is 12.3 Å². The zero-order valence-electron chi connectivity index (χ0n) is 8.09. The van der Waals surface area contributed by atoms with E-state index in [-0.39, 0.29) is 23.0 Å². The molecule has 1 aromatic carbocycles. The molecule has 0 fully saturated rings. The van der Waals surface area contributed by atoms with Crippen LogP contribution in [0.15, 0.2) is 24.3 Å². The maximum atomic E-state index is 10.6. The molecule has 0 saturated heterocycles. The molecule has 0 saturated carbocycles. The normalized spacial score (nSPS) is 9.40. The van der Waals surface area contributed by atoms with Crippen molar-refractivity contribution in [1.29, 1.82) is 0 Å². The van der Waals surface area contributed by atoms with E-state index in [0.717, 1.165) is 11.3 Å². The summed E-state index contributed by atoms with van der Waals surface area (Å²) in [6.07, 6.45) is 0. The number of hydrogen-bond donors (Lipinski definition) is 1. The first-order valence-electron chi connectivity index (χ1n) is 4.26. The summed E-state index contributed by atoms with van der Waals surface area (Å²) in [5, 5.41) is 10.6. The van der Waals surface area contributed by atoms with Gasteiger partial charge < -0.3 is 5.73 Å². The topological polar surface area (TPSA) is 69.2 Å². The molecule has 0 spiro atoms. The Kier molecular flexibility index (Phi) is 7.11. The van der Waals surface area contributed by atoms with E-state index >= 15 is 0 Å². The minimum Gasteiger partial charge on any atom is -0.330 e. The van der Waals surface area contributed by atoms with Crippen molar-refractivity contribution in [2.45, 2.75) is 5.75 Å². The number of benzene rings is 1. The van der Waals surface area contributed by atoms with Crippen LogP contribution in [0.25, 0.3) is 0 Å². The lowest BCUT2D eigenvalue weighted by Crippen LogP contribution is -2.02. The van der Waals surface area contributed by atoms with Gasteiger partial charge in [0.15, 0.2) is 0 Å². The lowest BCUT2D eigenvalue weighted by Gasteiger charge is -2.01. The van der Waals surface area contributed by atoms with E-state index in [9.17, 15) is 10.1 Å². The molecule has 0 aliphatic heterocycles. The van der Waals surface area contributed by atoms with Crippen LogP contribution in [0.2, 0.25) is 0 Å².